The second kappa shape index (κ2) is 13.9. The molecule has 0 unspecified atom stereocenters. The van der Waals surface area contributed by atoms with Crippen LogP contribution in [0.4, 0.5) is 23.2 Å². The van der Waals surface area contributed by atoms with Crippen LogP contribution < -0.4 is 25.4 Å². The van der Waals surface area contributed by atoms with Gasteiger partial charge < -0.3 is 25.2 Å². The first-order valence-corrected chi connectivity index (χ1v) is 13.2. The Morgan fingerprint density at radius 1 is 1.00 bits per heavy atom. The molecule has 0 bridgehead atoms. The number of rotatable bonds is 15. The van der Waals surface area contributed by atoms with Crippen molar-refractivity contribution >= 4 is 17.6 Å². The van der Waals surface area contributed by atoms with Crippen LogP contribution in [0.1, 0.15) is 59.1 Å². The van der Waals surface area contributed by atoms with Gasteiger partial charge in [0.25, 0.3) is 0 Å². The van der Waals surface area contributed by atoms with Crippen molar-refractivity contribution in [2.75, 3.05) is 19.0 Å². The van der Waals surface area contributed by atoms with Crippen molar-refractivity contribution in [1.82, 2.24) is 10.6 Å². The third-order valence-corrected chi connectivity index (χ3v) is 6.27. The van der Waals surface area contributed by atoms with Crippen LogP contribution in [0, 0.1) is 0 Å². The molecule has 3 atom stereocenters. The number of aliphatic carboxylic acids is 1. The molecule has 0 saturated heterocycles. The van der Waals surface area contributed by atoms with E-state index in [-0.39, 0.29) is 17.9 Å². The first-order valence-electron chi connectivity index (χ1n) is 13.2. The predicted octanol–water partition coefficient (Wildman–Crippen LogP) is 5.64. The van der Waals surface area contributed by atoms with Crippen LogP contribution in [0.3, 0.4) is 0 Å². The highest BCUT2D eigenvalue weighted by Crippen LogP contribution is 2.34. The summed E-state index contributed by atoms with van der Waals surface area (Å²) in [6.07, 6.45) is -4.79. The first-order chi connectivity index (χ1) is 19.0. The van der Waals surface area contributed by atoms with Crippen molar-refractivity contribution in [1.29, 1.82) is 0 Å². The van der Waals surface area contributed by atoms with Crippen molar-refractivity contribution in [2.24, 2.45) is 0 Å². The number of ether oxygens (including phenoxy) is 2. The van der Waals surface area contributed by atoms with Gasteiger partial charge in [-0.05, 0) is 51.8 Å². The lowest BCUT2D eigenvalue weighted by Gasteiger charge is -2.31. The molecule has 0 heterocycles. The number of anilines is 1. The van der Waals surface area contributed by atoms with E-state index in [9.17, 15) is 32.3 Å². The van der Waals surface area contributed by atoms with E-state index in [1.807, 2.05) is 0 Å². The van der Waals surface area contributed by atoms with Crippen LogP contribution in [0.15, 0.2) is 48.5 Å². The van der Waals surface area contributed by atoms with E-state index in [1.54, 1.807) is 25.1 Å². The van der Waals surface area contributed by atoms with Gasteiger partial charge in [0.2, 0.25) is 5.91 Å². The third-order valence-electron chi connectivity index (χ3n) is 6.27. The summed E-state index contributed by atoms with van der Waals surface area (Å²) < 4.78 is 67.5. The van der Waals surface area contributed by atoms with E-state index in [1.165, 1.54) is 65.1 Å². The van der Waals surface area contributed by atoms with Gasteiger partial charge in [-0.25, -0.2) is 9.18 Å². The average molecular weight is 586 g/mol. The van der Waals surface area contributed by atoms with E-state index >= 15 is 0 Å². The van der Waals surface area contributed by atoms with Crippen LogP contribution in [0.2, 0.25) is 0 Å². The Morgan fingerprint density at radius 3 is 2.15 bits per heavy atom. The summed E-state index contributed by atoms with van der Waals surface area (Å²) in [6, 6.07) is 7.61. The zero-order valence-electron chi connectivity index (χ0n) is 24.1. The standard InChI is InChI=1S/C29H39F4N3O5/c1-7-19(17-34-21-14-13-20(15-23(21)40-6)41-28(4,5)26(38)39)35-25(37)22(16-27(2,3)30)36-24(29(31,32)33)18-11-9-8-10-12-18/h8-15,19,22,24,34,36H,7,16-17H2,1-6H3,(H,35,37)(H,38,39)/t19-,22-,24-/m0/s1. The summed E-state index contributed by atoms with van der Waals surface area (Å²) >= 11 is 0. The fourth-order valence-electron chi connectivity index (χ4n) is 3.99. The van der Waals surface area contributed by atoms with Gasteiger partial charge in [0.1, 0.15) is 23.2 Å². The highest BCUT2D eigenvalue weighted by atomic mass is 19.4. The van der Waals surface area contributed by atoms with Crippen molar-refractivity contribution < 1.29 is 41.7 Å². The predicted molar refractivity (Wildman–Crippen MR) is 148 cm³/mol. The van der Waals surface area contributed by atoms with E-state index in [0.717, 1.165) is 0 Å². The summed E-state index contributed by atoms with van der Waals surface area (Å²) in [5.41, 5.74) is -2.97. The quantitative estimate of drug-likeness (QED) is 0.200. The molecule has 8 nitrogen and oxygen atoms in total. The van der Waals surface area contributed by atoms with E-state index in [2.05, 4.69) is 16.0 Å². The normalized spacial score (nSPS) is 14.5. The fraction of sp³-hybridized carbons (Fsp3) is 0.517. The number of carbonyl (C=O) groups is 2. The smallest absolute Gasteiger partial charge is 0.407 e. The van der Waals surface area contributed by atoms with Crippen molar-refractivity contribution in [2.45, 2.75) is 83.0 Å². The minimum atomic E-state index is -4.72. The Bertz CT molecular complexity index is 1150. The van der Waals surface area contributed by atoms with Gasteiger partial charge in [0.15, 0.2) is 5.60 Å². The van der Waals surface area contributed by atoms with Crippen LogP contribution in [0.25, 0.3) is 0 Å². The third kappa shape index (κ3) is 10.4. The average Bonchev–Trinajstić information content (AvgIpc) is 2.87. The van der Waals surface area contributed by atoms with Gasteiger partial charge in [-0.3, -0.25) is 10.1 Å². The molecule has 2 aromatic carbocycles. The molecule has 41 heavy (non-hydrogen) atoms. The number of hydrogen-bond donors (Lipinski definition) is 4. The molecular formula is C29H39F4N3O5. The SMILES string of the molecule is CC[C@@H](CNc1ccc(OC(C)(C)C(=O)O)cc1OC)NC(=O)[C@H](CC(C)(C)F)N[C@@H](c1ccccc1)C(F)(F)F. The van der Waals surface area contributed by atoms with Crippen molar-refractivity contribution in [3.63, 3.8) is 0 Å². The summed E-state index contributed by atoms with van der Waals surface area (Å²) in [5.74, 6) is -1.30. The minimum absolute atomic E-state index is 0.0885. The molecule has 0 saturated carbocycles. The molecule has 12 heteroatoms. The van der Waals surface area contributed by atoms with Gasteiger partial charge >= 0.3 is 12.1 Å². The lowest BCUT2D eigenvalue weighted by atomic mass is 9.97. The van der Waals surface area contributed by atoms with E-state index in [0.29, 0.717) is 17.9 Å². The number of methoxy groups -OCH3 is 1. The molecular weight excluding hydrogens is 546 g/mol. The summed E-state index contributed by atoms with van der Waals surface area (Å²) in [7, 11) is 1.42. The Hall–Kier alpha value is -3.54. The van der Waals surface area contributed by atoms with Crippen LogP contribution in [0.5, 0.6) is 11.5 Å². The molecule has 0 aliphatic carbocycles. The minimum Gasteiger partial charge on any atom is -0.494 e. The van der Waals surface area contributed by atoms with Crippen molar-refractivity contribution in [3.05, 3.63) is 54.1 Å². The van der Waals surface area contributed by atoms with E-state index < -0.39 is 53.9 Å². The second-order valence-corrected chi connectivity index (χ2v) is 10.8. The summed E-state index contributed by atoms with van der Waals surface area (Å²) in [4.78, 5) is 24.6. The molecule has 0 aromatic heterocycles. The number of carbonyl (C=O) groups excluding carboxylic acids is 1. The number of halogens is 4. The van der Waals surface area contributed by atoms with E-state index in [4.69, 9.17) is 9.47 Å². The fourth-order valence-corrected chi connectivity index (χ4v) is 3.99. The Balaban J connectivity index is 2.18. The molecule has 4 N–H and O–H groups in total. The molecule has 0 aliphatic heterocycles. The molecule has 228 valence electrons. The molecule has 0 aliphatic rings. The van der Waals surface area contributed by atoms with Gasteiger partial charge in [-0.15, -0.1) is 0 Å². The number of alkyl halides is 4. The Morgan fingerprint density at radius 2 is 1.63 bits per heavy atom. The zero-order valence-corrected chi connectivity index (χ0v) is 24.1. The van der Waals surface area contributed by atoms with Gasteiger partial charge in [0, 0.05) is 25.1 Å². The molecule has 1 amide bonds. The van der Waals surface area contributed by atoms with Gasteiger partial charge in [0.05, 0.1) is 18.8 Å². The molecule has 0 fully saturated rings. The number of carboxylic acid groups (broad SMARTS) is 1. The molecule has 2 aromatic rings. The monoisotopic (exact) mass is 585 g/mol. The lowest BCUT2D eigenvalue weighted by molar-refractivity contribution is -0.161. The maximum absolute atomic E-state index is 14.6. The molecule has 0 spiro atoms. The number of carboxylic acids is 1. The zero-order chi connectivity index (χ0) is 31.0. The van der Waals surface area contributed by atoms with Crippen molar-refractivity contribution in [3.8, 4) is 11.5 Å². The molecule has 0 radical (unpaired) electrons. The van der Waals surface area contributed by atoms with Gasteiger partial charge in [-0.1, -0.05) is 37.3 Å². The largest absolute Gasteiger partial charge is 0.494 e. The number of benzene rings is 2. The van der Waals surface area contributed by atoms with Crippen LogP contribution in [-0.4, -0.2) is 60.2 Å². The maximum Gasteiger partial charge on any atom is 0.407 e. The topological polar surface area (TPSA) is 109 Å². The number of nitrogens with one attached hydrogen (secondary N) is 3. The lowest BCUT2D eigenvalue weighted by Crippen LogP contribution is -2.53. The highest BCUT2D eigenvalue weighted by molar-refractivity contribution is 5.82. The first kappa shape index (κ1) is 33.7. The Kier molecular flexibility index (Phi) is 11.4. The maximum atomic E-state index is 14.6. The van der Waals surface area contributed by atoms with Crippen LogP contribution >= 0.6 is 0 Å². The highest BCUT2D eigenvalue weighted by Gasteiger charge is 2.44. The number of hydrogen-bond acceptors (Lipinski definition) is 6. The number of amides is 1. The second-order valence-electron chi connectivity index (χ2n) is 10.8. The van der Waals surface area contributed by atoms with Gasteiger partial charge in [-0.2, -0.15) is 13.2 Å². The summed E-state index contributed by atoms with van der Waals surface area (Å²) in [6.45, 7) is 7.19. The Labute approximate surface area is 237 Å². The molecule has 2 rings (SSSR count). The summed E-state index contributed by atoms with van der Waals surface area (Å²) in [5, 5.41) is 17.5. The van der Waals surface area contributed by atoms with Crippen LogP contribution in [-0.2, 0) is 9.59 Å².